The summed E-state index contributed by atoms with van der Waals surface area (Å²) in [6.07, 6.45) is 9.55. The average Bonchev–Trinajstić information content (AvgIpc) is 4.27. The fourth-order valence-corrected chi connectivity index (χ4v) is 11.6. The number of hydrogen-bond acceptors (Lipinski definition) is 19. The fraction of sp³-hybridized carbons (Fsp3) is 0.379. The predicted octanol–water partition coefficient (Wildman–Crippen LogP) is 10.8. The lowest BCUT2D eigenvalue weighted by Crippen LogP contribution is -2.14. The number of nitrogens with one attached hydrogen (secondary N) is 2. The van der Waals surface area contributed by atoms with Gasteiger partial charge in [0, 0.05) is 55.7 Å². The lowest BCUT2D eigenvalue weighted by molar-refractivity contribution is -0.118. The topological polar surface area (TPSA) is 223 Å². The molecule has 0 saturated heterocycles. The van der Waals surface area contributed by atoms with Gasteiger partial charge in [0.15, 0.2) is 0 Å². The lowest BCUT2D eigenvalue weighted by Gasteiger charge is -2.09. The highest BCUT2D eigenvalue weighted by Gasteiger charge is 2.17. The van der Waals surface area contributed by atoms with Crippen LogP contribution in [0.2, 0.25) is 0 Å². The molecule has 0 fully saturated rings. The van der Waals surface area contributed by atoms with Crippen LogP contribution in [0.3, 0.4) is 0 Å². The molecule has 21 heteroatoms. The number of methoxy groups -OCH3 is 3. The first kappa shape index (κ1) is 61.0. The van der Waals surface area contributed by atoms with Gasteiger partial charge >= 0.3 is 0 Å². The molecule has 2 amide bonds. The minimum Gasteiger partial charge on any atom is -0.497 e. The zero-order chi connectivity index (χ0) is 55.2. The molecule has 0 aliphatic heterocycles. The smallest absolute Gasteiger partial charge is 0.230 e. The monoisotopic (exact) mass is 1140 g/mol. The molecular weight excluding hydrogens is 1080 g/mol. The Morgan fingerprint density at radius 1 is 0.443 bits per heavy atom. The largest absolute Gasteiger partial charge is 0.497 e. The minimum atomic E-state index is -0.194. The van der Waals surface area contributed by atoms with Crippen LogP contribution in [-0.4, -0.2) is 85.5 Å². The molecule has 0 aliphatic rings. The third-order valence-corrected chi connectivity index (χ3v) is 15.9. The molecule has 0 aliphatic carbocycles. The Hall–Kier alpha value is -7.20. The molecule has 416 valence electrons. The highest BCUT2D eigenvalue weighted by molar-refractivity contribution is 7.15. The van der Waals surface area contributed by atoms with Gasteiger partial charge in [0.25, 0.3) is 0 Å². The number of anilines is 2. The number of rotatable bonds is 28. The Bertz CT molecular complexity index is 3050. The van der Waals surface area contributed by atoms with E-state index in [4.69, 9.17) is 14.2 Å². The van der Waals surface area contributed by atoms with Crippen molar-refractivity contribution >= 4 is 79.0 Å². The molecule has 0 radical (unpaired) electrons. The van der Waals surface area contributed by atoms with E-state index in [1.165, 1.54) is 50.9 Å². The first-order chi connectivity index (χ1) is 37.8. The second-order valence-corrected chi connectivity index (χ2v) is 22.9. The molecule has 0 saturated carbocycles. The van der Waals surface area contributed by atoms with Crippen molar-refractivity contribution in [2.75, 3.05) is 32.0 Å². The number of nitrogens with zero attached hydrogens (tertiary/aromatic N) is 8. The third kappa shape index (κ3) is 20.2. The van der Waals surface area contributed by atoms with E-state index in [9.17, 15) is 19.2 Å². The molecule has 8 aromatic rings. The van der Waals surface area contributed by atoms with Crippen molar-refractivity contribution in [1.82, 2.24) is 40.8 Å². The molecule has 0 unspecified atom stereocenters. The van der Waals surface area contributed by atoms with Gasteiger partial charge in [-0.05, 0) is 74.8 Å². The van der Waals surface area contributed by atoms with Crippen LogP contribution in [0.25, 0.3) is 0 Å². The summed E-state index contributed by atoms with van der Waals surface area (Å²) in [4.78, 5) is 49.9. The van der Waals surface area contributed by atoms with Crippen molar-refractivity contribution in [2.45, 2.75) is 125 Å². The molecule has 0 bridgehead atoms. The van der Waals surface area contributed by atoms with E-state index in [1.54, 1.807) is 33.5 Å². The standard InChI is InChI=1S/C30H35N5O5S2.C27H29N5O2S2.CH4/c1-5-19-10-11-20(24(14-19)39-3)15-22(36)17-29-34-32-27(41-29)8-6-7-9-28-33-35-30(42-28)31-26(37)16-21-12-13-23(38-2)18-25(21)40-4;1-18-7-5-9-20(13-18)15-22(33)17-26-31-29-24(35-26)11-3-4-12-25-30-32-27(36-25)28-23(34)16-21-10-6-8-19(2)14-21;/h10-14,18H,5-9,15-17H2,1-4H3,(H,31,35,37);5-10,13-14H,3-4,11-12,15-17H2,1-2H3,(H,28,32,34);1H4. The SMILES string of the molecule is C.CCc1ccc(CC(=O)Cc2nnc(CCCCc3nnc(NC(=O)Cc4ccc(OC)cc4OC)s3)s2)c(OC)c1.Cc1cccc(CC(=O)Cc2nnc(CCCCc3nnc(NC(=O)Cc4cccc(C)c4)s3)s2)c1. The number of Topliss-reactive ketones (excluding diaryl/α,β-unsaturated/α-hetero) is 2. The second-order valence-electron chi connectivity index (χ2n) is 18.5. The van der Waals surface area contributed by atoms with E-state index in [-0.39, 0.29) is 43.6 Å². The van der Waals surface area contributed by atoms with Gasteiger partial charge in [0.1, 0.15) is 58.9 Å². The highest BCUT2D eigenvalue weighted by Crippen LogP contribution is 2.27. The molecule has 2 N–H and O–H groups in total. The summed E-state index contributed by atoms with van der Waals surface area (Å²) in [5, 5.41) is 45.4. The van der Waals surface area contributed by atoms with E-state index in [0.29, 0.717) is 47.4 Å². The average molecular weight is 1150 g/mol. The molecule has 8 rings (SSSR count). The van der Waals surface area contributed by atoms with E-state index >= 15 is 0 Å². The van der Waals surface area contributed by atoms with E-state index < -0.39 is 0 Å². The number of carbonyl (C=O) groups excluding carboxylic acids is 4. The highest BCUT2D eigenvalue weighted by atomic mass is 32.1. The van der Waals surface area contributed by atoms with Crippen molar-refractivity contribution < 1.29 is 33.4 Å². The Kier molecular flexibility index (Phi) is 24.3. The van der Waals surface area contributed by atoms with Crippen LogP contribution in [0.1, 0.15) is 109 Å². The lowest BCUT2D eigenvalue weighted by atomic mass is 10.0. The molecule has 17 nitrogen and oxygen atoms in total. The normalized spacial score (nSPS) is 10.8. The van der Waals surface area contributed by atoms with Crippen LogP contribution >= 0.6 is 45.3 Å². The van der Waals surface area contributed by atoms with Gasteiger partial charge in [0.2, 0.25) is 22.1 Å². The first-order valence-corrected chi connectivity index (χ1v) is 29.0. The Labute approximate surface area is 478 Å². The van der Waals surface area contributed by atoms with Crippen molar-refractivity contribution in [1.29, 1.82) is 0 Å². The van der Waals surface area contributed by atoms with Crippen LogP contribution in [0, 0.1) is 13.8 Å². The number of ketones is 2. The third-order valence-electron chi connectivity index (χ3n) is 12.1. The van der Waals surface area contributed by atoms with Crippen LogP contribution in [-0.2, 0) is 89.8 Å². The number of carbonyl (C=O) groups is 4. The predicted molar refractivity (Wildman–Crippen MR) is 313 cm³/mol. The summed E-state index contributed by atoms with van der Waals surface area (Å²) in [6.45, 7) is 6.13. The second kappa shape index (κ2) is 31.4. The Balaban J connectivity index is 0.000000255. The maximum absolute atomic E-state index is 12.7. The summed E-state index contributed by atoms with van der Waals surface area (Å²) in [6, 6.07) is 27.3. The number of ether oxygens (including phenoxy) is 3. The van der Waals surface area contributed by atoms with Gasteiger partial charge in [-0.15, -0.1) is 63.5 Å². The number of benzene rings is 4. The molecule has 4 aromatic carbocycles. The van der Waals surface area contributed by atoms with Gasteiger partial charge in [-0.25, -0.2) is 0 Å². The van der Waals surface area contributed by atoms with Crippen molar-refractivity contribution in [3.63, 3.8) is 0 Å². The summed E-state index contributed by atoms with van der Waals surface area (Å²) in [5.41, 5.74) is 7.13. The zero-order valence-electron chi connectivity index (χ0n) is 44.8. The number of unbranched alkanes of at least 4 members (excludes halogenated alkanes) is 2. The Morgan fingerprint density at radius 2 is 0.886 bits per heavy atom. The number of amides is 2. The quantitative estimate of drug-likeness (QED) is 0.0435. The van der Waals surface area contributed by atoms with Gasteiger partial charge in [-0.3, -0.25) is 19.2 Å². The van der Waals surface area contributed by atoms with Crippen LogP contribution in [0.5, 0.6) is 17.2 Å². The zero-order valence-corrected chi connectivity index (χ0v) is 48.0. The number of aryl methyl sites for hydroxylation is 7. The van der Waals surface area contributed by atoms with Gasteiger partial charge in [-0.1, -0.05) is 115 Å². The molecule has 79 heavy (non-hydrogen) atoms. The maximum atomic E-state index is 12.7. The summed E-state index contributed by atoms with van der Waals surface area (Å²) >= 11 is 5.79. The van der Waals surface area contributed by atoms with Gasteiger partial charge in [0.05, 0.1) is 47.0 Å². The molecular formula is C58H68N10O7S4. The minimum absolute atomic E-state index is 0. The van der Waals surface area contributed by atoms with E-state index in [1.807, 2.05) is 86.6 Å². The first-order valence-electron chi connectivity index (χ1n) is 25.7. The van der Waals surface area contributed by atoms with Gasteiger partial charge < -0.3 is 24.8 Å². The van der Waals surface area contributed by atoms with Gasteiger partial charge in [-0.2, -0.15) is 0 Å². The summed E-state index contributed by atoms with van der Waals surface area (Å²) < 4.78 is 16.1. The van der Waals surface area contributed by atoms with Crippen molar-refractivity contribution in [3.05, 3.63) is 154 Å². The van der Waals surface area contributed by atoms with Crippen LogP contribution in [0.15, 0.2) is 84.9 Å². The summed E-state index contributed by atoms with van der Waals surface area (Å²) in [5.74, 6) is 1.96. The van der Waals surface area contributed by atoms with Crippen molar-refractivity contribution in [2.24, 2.45) is 0 Å². The van der Waals surface area contributed by atoms with E-state index in [0.717, 1.165) is 127 Å². The molecule has 0 atom stereocenters. The number of hydrogen-bond donors (Lipinski definition) is 2. The fourth-order valence-electron chi connectivity index (χ4n) is 8.22. The van der Waals surface area contributed by atoms with Crippen molar-refractivity contribution in [3.8, 4) is 17.2 Å². The maximum Gasteiger partial charge on any atom is 0.230 e. The Morgan fingerprint density at radius 3 is 1.39 bits per heavy atom. The molecule has 4 heterocycles. The summed E-state index contributed by atoms with van der Waals surface area (Å²) in [7, 11) is 4.77. The van der Waals surface area contributed by atoms with E-state index in [2.05, 4.69) is 58.3 Å². The molecule has 4 aromatic heterocycles. The number of aromatic nitrogens is 8. The van der Waals surface area contributed by atoms with Crippen LogP contribution < -0.4 is 24.8 Å². The van der Waals surface area contributed by atoms with Crippen LogP contribution in [0.4, 0.5) is 10.3 Å². The molecule has 0 spiro atoms.